The molecule has 2 fully saturated rings. The van der Waals surface area contributed by atoms with Crippen LogP contribution in [0.15, 0.2) is 37.4 Å². The van der Waals surface area contributed by atoms with Crippen LogP contribution in [-0.4, -0.2) is 67.7 Å². The molecule has 1 aromatic carbocycles. The predicted molar refractivity (Wildman–Crippen MR) is 145 cm³/mol. The van der Waals surface area contributed by atoms with Crippen molar-refractivity contribution in [3.05, 3.63) is 53.6 Å². The van der Waals surface area contributed by atoms with Crippen molar-refractivity contribution in [2.75, 3.05) is 33.2 Å². The van der Waals surface area contributed by atoms with Crippen molar-refractivity contribution in [1.29, 1.82) is 0 Å². The number of amides is 2. The van der Waals surface area contributed by atoms with E-state index in [4.69, 9.17) is 16.4 Å². The van der Waals surface area contributed by atoms with Gasteiger partial charge in [-0.3, -0.25) is 9.59 Å². The van der Waals surface area contributed by atoms with Crippen molar-refractivity contribution in [3.63, 3.8) is 0 Å². The van der Waals surface area contributed by atoms with Crippen LogP contribution >= 0.6 is 11.6 Å². The zero-order valence-corrected chi connectivity index (χ0v) is 22.5. The first kappa shape index (κ1) is 33.7. The molecule has 1 atom stereocenters. The maximum absolute atomic E-state index is 12.0. The molecule has 0 bridgehead atoms. The number of allylic oxidation sites excluding steroid dienone is 1. The molecule has 2 aliphatic heterocycles. The minimum Gasteiger partial charge on any atom is -0.341 e. The van der Waals surface area contributed by atoms with E-state index in [1.807, 2.05) is 56.7 Å². The molecule has 0 aromatic heterocycles. The summed E-state index contributed by atoms with van der Waals surface area (Å²) in [6.45, 7) is 18.8. The Morgan fingerprint density at radius 1 is 1.15 bits per heavy atom. The number of hydrogen-bond acceptors (Lipinski definition) is 4. The monoisotopic (exact) mass is 493 g/mol. The summed E-state index contributed by atoms with van der Waals surface area (Å²) in [6, 6.07) is 5.80. The molecule has 2 aliphatic rings. The van der Waals surface area contributed by atoms with Gasteiger partial charge in [-0.25, -0.2) is 0 Å². The van der Waals surface area contributed by atoms with Crippen molar-refractivity contribution < 1.29 is 14.4 Å². The molecule has 2 heterocycles. The quantitative estimate of drug-likeness (QED) is 0.589. The fourth-order valence-corrected chi connectivity index (χ4v) is 3.83. The second-order valence-corrected chi connectivity index (χ2v) is 7.77. The minimum atomic E-state index is -0.102. The Balaban J connectivity index is 0. The summed E-state index contributed by atoms with van der Waals surface area (Å²) < 4.78 is 0. The summed E-state index contributed by atoms with van der Waals surface area (Å²) in [5, 5.41) is 3.81. The number of nitrogens with one attached hydrogen (secondary N) is 1. The fraction of sp³-hybridized carbons (Fsp3) is 0.519. The summed E-state index contributed by atoms with van der Waals surface area (Å²) in [5.74, 6) is 0.180. The number of carbonyl (C=O) groups is 3. The lowest BCUT2D eigenvalue weighted by atomic mass is 10.1. The van der Waals surface area contributed by atoms with Crippen molar-refractivity contribution >= 4 is 36.3 Å². The molecule has 0 aliphatic carbocycles. The van der Waals surface area contributed by atoms with Crippen LogP contribution in [0.4, 0.5) is 0 Å². The van der Waals surface area contributed by atoms with Gasteiger partial charge in [0.1, 0.15) is 6.79 Å². The molecule has 0 radical (unpaired) electrons. The van der Waals surface area contributed by atoms with E-state index < -0.39 is 0 Å². The lowest BCUT2D eigenvalue weighted by Crippen LogP contribution is -2.52. The molecular weight excluding hydrogens is 450 g/mol. The van der Waals surface area contributed by atoms with Gasteiger partial charge in [0.15, 0.2) is 0 Å². The average molecular weight is 494 g/mol. The van der Waals surface area contributed by atoms with E-state index in [2.05, 4.69) is 31.5 Å². The van der Waals surface area contributed by atoms with Crippen LogP contribution in [0.25, 0.3) is 6.08 Å². The van der Waals surface area contributed by atoms with Gasteiger partial charge in [-0.15, -0.1) is 13.2 Å². The van der Waals surface area contributed by atoms with Crippen molar-refractivity contribution in [2.24, 2.45) is 0 Å². The number of benzene rings is 1. The molecule has 0 spiro atoms. The highest BCUT2D eigenvalue weighted by atomic mass is 35.5. The second kappa shape index (κ2) is 21.1. The number of piperidine rings is 1. The number of halogens is 1. The molecule has 7 heteroatoms. The van der Waals surface area contributed by atoms with Crippen LogP contribution in [0, 0.1) is 6.92 Å². The van der Waals surface area contributed by atoms with Gasteiger partial charge in [-0.05, 0) is 69.8 Å². The maximum Gasteiger partial charge on any atom is 0.242 e. The molecular formula is C27H44ClN3O3. The molecule has 192 valence electrons. The third-order valence-electron chi connectivity index (χ3n) is 5.24. The van der Waals surface area contributed by atoms with E-state index in [1.54, 1.807) is 11.9 Å². The topological polar surface area (TPSA) is 69.7 Å². The Bertz CT molecular complexity index is 732. The number of likely N-dealkylation sites (N-methyl/N-ethyl adjacent to an activating group) is 1. The molecule has 1 N–H and O–H groups in total. The standard InChI is InChI=1S/C12H21N3O2.C10H11Cl.C2H6.C2H4.CH2O/c1-13-10-5-4-8-15(12(10)17)9-11(16)14-6-2-3-7-14;1-3-4-9-5-6-10(11)7-8(9)2;3*1-2/h10,13H,2-9H2,1H3;3-7H,1-2H3;1-2H3;1-2H2;1H2/b;4-3+;;;/t10-;;;;/m0..../s1. The Kier molecular flexibility index (Phi) is 21.0. The lowest BCUT2D eigenvalue weighted by molar-refractivity contribution is -0.142. The molecule has 2 amide bonds. The Labute approximate surface area is 212 Å². The van der Waals surface area contributed by atoms with Crippen molar-refractivity contribution in [1.82, 2.24) is 15.1 Å². The zero-order chi connectivity index (χ0) is 26.5. The number of carbonyl (C=O) groups excluding carboxylic acids is 3. The van der Waals surface area contributed by atoms with E-state index in [-0.39, 0.29) is 24.4 Å². The van der Waals surface area contributed by atoms with E-state index in [0.717, 1.165) is 50.3 Å². The number of hydrogen-bond donors (Lipinski definition) is 1. The van der Waals surface area contributed by atoms with Gasteiger partial charge >= 0.3 is 0 Å². The van der Waals surface area contributed by atoms with Crippen molar-refractivity contribution in [2.45, 2.75) is 59.4 Å². The van der Waals surface area contributed by atoms with Gasteiger partial charge in [0.2, 0.25) is 11.8 Å². The summed E-state index contributed by atoms with van der Waals surface area (Å²) in [4.78, 5) is 35.5. The molecule has 0 saturated carbocycles. The van der Waals surface area contributed by atoms with Gasteiger partial charge in [0.05, 0.1) is 12.6 Å². The second-order valence-electron chi connectivity index (χ2n) is 7.33. The number of aryl methyl sites for hydroxylation is 1. The number of rotatable bonds is 4. The van der Waals surface area contributed by atoms with Crippen LogP contribution in [0.1, 0.15) is 57.6 Å². The molecule has 1 aromatic rings. The highest BCUT2D eigenvalue weighted by Crippen LogP contribution is 2.16. The van der Waals surface area contributed by atoms with Gasteiger partial charge in [-0.1, -0.05) is 43.7 Å². The van der Waals surface area contributed by atoms with Gasteiger partial charge in [-0.2, -0.15) is 0 Å². The highest BCUT2D eigenvalue weighted by Gasteiger charge is 2.30. The van der Waals surface area contributed by atoms with Crippen molar-refractivity contribution in [3.8, 4) is 0 Å². The minimum absolute atomic E-state index is 0.0753. The number of likely N-dealkylation sites (tertiary alicyclic amines) is 2. The smallest absolute Gasteiger partial charge is 0.242 e. The maximum atomic E-state index is 12.0. The third-order valence-corrected chi connectivity index (χ3v) is 5.48. The SMILES string of the molecule is C/C=C/c1ccc(Cl)cc1C.C=C.C=O.CC.CN[C@H]1CCCN(CC(=O)N2CCCC2)C1=O. The average Bonchev–Trinajstić information content (AvgIpc) is 3.42. The first-order chi connectivity index (χ1) is 16.5. The molecule has 34 heavy (non-hydrogen) atoms. The van der Waals surface area contributed by atoms with E-state index in [9.17, 15) is 9.59 Å². The Morgan fingerprint density at radius 2 is 1.74 bits per heavy atom. The summed E-state index contributed by atoms with van der Waals surface area (Å²) in [5.41, 5.74) is 2.45. The predicted octanol–water partition coefficient (Wildman–Crippen LogP) is 5.14. The molecule has 0 unspecified atom stereocenters. The third kappa shape index (κ3) is 12.1. The van der Waals surface area contributed by atoms with Crippen LogP contribution in [0.2, 0.25) is 5.02 Å². The zero-order valence-electron chi connectivity index (χ0n) is 21.7. The van der Waals surface area contributed by atoms with Crippen LogP contribution in [0.3, 0.4) is 0 Å². The van der Waals surface area contributed by atoms with Gasteiger partial charge in [0, 0.05) is 24.7 Å². The van der Waals surface area contributed by atoms with E-state index >= 15 is 0 Å². The van der Waals surface area contributed by atoms with E-state index in [0.29, 0.717) is 0 Å². The summed E-state index contributed by atoms with van der Waals surface area (Å²) in [6.07, 6.45) is 8.15. The Morgan fingerprint density at radius 3 is 2.24 bits per heavy atom. The number of nitrogens with zero attached hydrogens (tertiary/aromatic N) is 2. The van der Waals surface area contributed by atoms with Gasteiger partial charge < -0.3 is 19.9 Å². The van der Waals surface area contributed by atoms with E-state index in [1.165, 1.54) is 11.1 Å². The highest BCUT2D eigenvalue weighted by molar-refractivity contribution is 6.30. The van der Waals surface area contributed by atoms with Gasteiger partial charge in [0.25, 0.3) is 0 Å². The van der Waals surface area contributed by atoms with Crippen LogP contribution < -0.4 is 5.32 Å². The first-order valence-corrected chi connectivity index (χ1v) is 12.3. The lowest BCUT2D eigenvalue weighted by Gasteiger charge is -2.32. The first-order valence-electron chi connectivity index (χ1n) is 11.9. The molecule has 2 saturated heterocycles. The Hall–Kier alpha value is -2.44. The van der Waals surface area contributed by atoms with Crippen LogP contribution in [0.5, 0.6) is 0 Å². The van der Waals surface area contributed by atoms with Crippen LogP contribution in [-0.2, 0) is 14.4 Å². The molecule has 6 nitrogen and oxygen atoms in total. The summed E-state index contributed by atoms with van der Waals surface area (Å²) >= 11 is 5.79. The fourth-order valence-electron chi connectivity index (χ4n) is 3.60. The molecule has 3 rings (SSSR count). The normalized spacial score (nSPS) is 16.6. The largest absolute Gasteiger partial charge is 0.341 e. The summed E-state index contributed by atoms with van der Waals surface area (Å²) in [7, 11) is 1.80.